The van der Waals surface area contributed by atoms with E-state index in [-0.39, 0.29) is 0 Å². The van der Waals surface area contributed by atoms with Crippen molar-refractivity contribution >= 4 is 0 Å². The minimum atomic E-state index is 0.355. The van der Waals surface area contributed by atoms with Gasteiger partial charge in [-0.05, 0) is 86.5 Å². The lowest BCUT2D eigenvalue weighted by Gasteiger charge is -2.60. The molecule has 1 spiro atoms. The Balaban J connectivity index is 1.76. The van der Waals surface area contributed by atoms with Gasteiger partial charge in [-0.2, -0.15) is 0 Å². The maximum absolute atomic E-state index is 2.54. The number of rotatable bonds is 1. The molecular formula is C28H36. The molecule has 2 aromatic rings. The third-order valence-corrected chi connectivity index (χ3v) is 8.67. The monoisotopic (exact) mass is 372 g/mol. The molecule has 2 fully saturated rings. The molecule has 0 saturated heterocycles. The van der Waals surface area contributed by atoms with Crippen molar-refractivity contribution in [2.45, 2.75) is 95.8 Å². The van der Waals surface area contributed by atoms with Gasteiger partial charge in [0.05, 0.1) is 0 Å². The van der Waals surface area contributed by atoms with E-state index in [0.717, 1.165) is 5.92 Å². The molecule has 2 atom stereocenters. The Morgan fingerprint density at radius 2 is 1.32 bits per heavy atom. The summed E-state index contributed by atoms with van der Waals surface area (Å²) in [5.41, 5.74) is 10.3. The maximum Gasteiger partial charge on any atom is 0.00328 e. The number of hydrogen-bond donors (Lipinski definition) is 0. The first-order chi connectivity index (χ1) is 13.6. The standard InChI is InChI=1S/C28H36/c1-20-10-12-24(22(3)17-20)28-16-8-5-9-26(28)27(14-6-4-7-15-27)25-13-11-21(2)18-23(25)19-28/h10-13,17-18,26H,4-9,14-16,19H2,1-3H3. The van der Waals surface area contributed by atoms with Gasteiger partial charge in [-0.25, -0.2) is 0 Å². The Morgan fingerprint density at radius 3 is 2.07 bits per heavy atom. The number of aryl methyl sites for hydroxylation is 3. The van der Waals surface area contributed by atoms with Crippen LogP contribution in [0, 0.1) is 26.7 Å². The van der Waals surface area contributed by atoms with Crippen molar-refractivity contribution in [1.82, 2.24) is 0 Å². The molecule has 148 valence electrons. The van der Waals surface area contributed by atoms with Crippen LogP contribution in [-0.2, 0) is 17.3 Å². The van der Waals surface area contributed by atoms with Crippen LogP contribution in [0.15, 0.2) is 36.4 Å². The second-order valence-electron chi connectivity index (χ2n) is 10.3. The van der Waals surface area contributed by atoms with Crippen molar-refractivity contribution in [3.8, 4) is 0 Å². The lowest BCUT2D eigenvalue weighted by atomic mass is 9.44. The van der Waals surface area contributed by atoms with Crippen LogP contribution in [0.5, 0.6) is 0 Å². The van der Waals surface area contributed by atoms with E-state index in [1.54, 1.807) is 16.7 Å². The molecule has 2 aromatic carbocycles. The van der Waals surface area contributed by atoms with Crippen LogP contribution in [0.1, 0.15) is 91.2 Å². The second-order valence-corrected chi connectivity index (χ2v) is 10.3. The zero-order valence-corrected chi connectivity index (χ0v) is 18.1. The highest BCUT2D eigenvalue weighted by Gasteiger charge is 2.57. The smallest absolute Gasteiger partial charge is 0.00328 e. The van der Waals surface area contributed by atoms with E-state index in [1.807, 2.05) is 0 Å². The average Bonchev–Trinajstić information content (AvgIpc) is 2.68. The molecule has 0 amide bonds. The maximum atomic E-state index is 2.54. The van der Waals surface area contributed by atoms with E-state index in [1.165, 1.54) is 80.9 Å². The Labute approximate surface area is 171 Å². The third kappa shape index (κ3) is 2.63. The molecule has 3 aliphatic carbocycles. The Kier molecular flexibility index (Phi) is 4.45. The highest BCUT2D eigenvalue weighted by Crippen LogP contribution is 2.62. The quantitative estimate of drug-likeness (QED) is 0.486. The second kappa shape index (κ2) is 6.75. The molecule has 0 heteroatoms. The molecule has 2 unspecified atom stereocenters. The van der Waals surface area contributed by atoms with Gasteiger partial charge in [0.15, 0.2) is 0 Å². The summed E-state index contributed by atoms with van der Waals surface area (Å²) in [6.07, 6.45) is 14.0. The lowest BCUT2D eigenvalue weighted by Crippen LogP contribution is -2.55. The fourth-order valence-electron chi connectivity index (χ4n) is 7.73. The van der Waals surface area contributed by atoms with E-state index in [2.05, 4.69) is 57.2 Å². The normalized spacial score (nSPS) is 28.6. The van der Waals surface area contributed by atoms with E-state index in [9.17, 15) is 0 Å². The minimum absolute atomic E-state index is 0.355. The fourth-order valence-corrected chi connectivity index (χ4v) is 7.73. The van der Waals surface area contributed by atoms with Crippen LogP contribution in [0.3, 0.4) is 0 Å². The Morgan fingerprint density at radius 1 is 0.679 bits per heavy atom. The molecule has 0 aliphatic heterocycles. The summed E-state index contributed by atoms with van der Waals surface area (Å²) < 4.78 is 0. The topological polar surface area (TPSA) is 0 Å². The lowest BCUT2D eigenvalue weighted by molar-refractivity contribution is 0.0478. The highest BCUT2D eigenvalue weighted by atomic mass is 14.6. The van der Waals surface area contributed by atoms with E-state index in [0.29, 0.717) is 10.8 Å². The van der Waals surface area contributed by atoms with Crippen LogP contribution in [0.25, 0.3) is 0 Å². The van der Waals surface area contributed by atoms with Gasteiger partial charge in [-0.1, -0.05) is 79.6 Å². The summed E-state index contributed by atoms with van der Waals surface area (Å²) in [6.45, 7) is 6.90. The number of fused-ring (bicyclic) bond motifs is 4. The largest absolute Gasteiger partial charge is 0.0590 e. The summed E-state index contributed by atoms with van der Waals surface area (Å²) in [7, 11) is 0. The molecule has 28 heavy (non-hydrogen) atoms. The molecule has 0 aromatic heterocycles. The Hall–Kier alpha value is -1.56. The van der Waals surface area contributed by atoms with Crippen molar-refractivity contribution in [3.05, 3.63) is 69.8 Å². The van der Waals surface area contributed by atoms with Gasteiger partial charge in [0.25, 0.3) is 0 Å². The van der Waals surface area contributed by atoms with Crippen LogP contribution < -0.4 is 0 Å². The molecular weight excluding hydrogens is 336 g/mol. The fraction of sp³-hybridized carbons (Fsp3) is 0.571. The SMILES string of the molecule is Cc1ccc(C23CCCCC2C2(CCCCC2)c2ccc(C)cc2C3)c(C)c1. The highest BCUT2D eigenvalue weighted by molar-refractivity contribution is 5.49. The zero-order valence-electron chi connectivity index (χ0n) is 18.1. The van der Waals surface area contributed by atoms with E-state index in [4.69, 9.17) is 0 Å². The third-order valence-electron chi connectivity index (χ3n) is 8.67. The summed E-state index contributed by atoms with van der Waals surface area (Å²) in [5, 5.41) is 0. The molecule has 0 radical (unpaired) electrons. The van der Waals surface area contributed by atoms with Gasteiger partial charge in [0.2, 0.25) is 0 Å². The predicted molar refractivity (Wildman–Crippen MR) is 119 cm³/mol. The van der Waals surface area contributed by atoms with Crippen molar-refractivity contribution in [2.75, 3.05) is 0 Å². The van der Waals surface area contributed by atoms with Gasteiger partial charge in [0.1, 0.15) is 0 Å². The molecule has 0 bridgehead atoms. The molecule has 0 nitrogen and oxygen atoms in total. The molecule has 2 saturated carbocycles. The van der Waals surface area contributed by atoms with Gasteiger partial charge in [-0.15, -0.1) is 0 Å². The van der Waals surface area contributed by atoms with Crippen LogP contribution in [0.2, 0.25) is 0 Å². The summed E-state index contributed by atoms with van der Waals surface area (Å²) in [6, 6.07) is 14.8. The number of hydrogen-bond acceptors (Lipinski definition) is 0. The molecule has 3 aliphatic rings. The first kappa shape index (κ1) is 18.5. The van der Waals surface area contributed by atoms with Crippen molar-refractivity contribution in [2.24, 2.45) is 5.92 Å². The van der Waals surface area contributed by atoms with Crippen LogP contribution in [0.4, 0.5) is 0 Å². The predicted octanol–water partition coefficient (Wildman–Crippen LogP) is 7.50. The summed E-state index contributed by atoms with van der Waals surface area (Å²) in [5.74, 6) is 0.825. The Bertz CT molecular complexity index is 883. The summed E-state index contributed by atoms with van der Waals surface area (Å²) >= 11 is 0. The van der Waals surface area contributed by atoms with Gasteiger partial charge in [0, 0.05) is 5.41 Å². The molecule has 5 rings (SSSR count). The first-order valence-corrected chi connectivity index (χ1v) is 11.7. The van der Waals surface area contributed by atoms with Crippen molar-refractivity contribution in [1.29, 1.82) is 0 Å². The molecule has 0 N–H and O–H groups in total. The van der Waals surface area contributed by atoms with Crippen LogP contribution in [-0.4, -0.2) is 0 Å². The van der Waals surface area contributed by atoms with Gasteiger partial charge < -0.3 is 0 Å². The van der Waals surface area contributed by atoms with E-state index >= 15 is 0 Å². The van der Waals surface area contributed by atoms with E-state index < -0.39 is 0 Å². The first-order valence-electron chi connectivity index (χ1n) is 11.7. The number of benzene rings is 2. The van der Waals surface area contributed by atoms with Crippen molar-refractivity contribution in [3.63, 3.8) is 0 Å². The van der Waals surface area contributed by atoms with Crippen molar-refractivity contribution < 1.29 is 0 Å². The summed E-state index contributed by atoms with van der Waals surface area (Å²) in [4.78, 5) is 0. The average molecular weight is 373 g/mol. The van der Waals surface area contributed by atoms with Gasteiger partial charge >= 0.3 is 0 Å². The zero-order chi connectivity index (χ0) is 19.4. The van der Waals surface area contributed by atoms with Gasteiger partial charge in [-0.3, -0.25) is 0 Å². The minimum Gasteiger partial charge on any atom is -0.0590 e. The van der Waals surface area contributed by atoms with Crippen LogP contribution >= 0.6 is 0 Å². The molecule has 0 heterocycles.